The number of piperazine rings is 1. The number of rotatable bonds is 8. The molecule has 3 amide bonds. The third-order valence-electron chi connectivity index (χ3n) is 6.17. The molecule has 2 aromatic rings. The summed E-state index contributed by atoms with van der Waals surface area (Å²) in [6.07, 6.45) is 6.06. The average Bonchev–Trinajstić information content (AvgIpc) is 3.28. The van der Waals surface area contributed by atoms with E-state index in [4.69, 9.17) is 4.99 Å². The Morgan fingerprint density at radius 1 is 1.24 bits per heavy atom. The fourth-order valence-electron chi connectivity index (χ4n) is 4.42. The molecular formula is C27H35N7O2S. The summed E-state index contributed by atoms with van der Waals surface area (Å²) in [6.45, 7) is 13.5. The lowest BCUT2D eigenvalue weighted by Crippen LogP contribution is -2.53. The maximum absolute atomic E-state index is 12.4. The molecule has 1 atom stereocenters. The molecule has 0 radical (unpaired) electrons. The highest BCUT2D eigenvalue weighted by atomic mass is 32.1. The topological polar surface area (TPSA) is 102 Å². The predicted octanol–water partition coefficient (Wildman–Crippen LogP) is 4.07. The van der Waals surface area contributed by atoms with E-state index in [1.54, 1.807) is 11.3 Å². The number of carbonyl (C=O) groups excluding carboxylic acids is 2. The van der Waals surface area contributed by atoms with E-state index in [-0.39, 0.29) is 23.9 Å². The number of urea groups is 1. The molecule has 1 aromatic carbocycles. The first-order valence-corrected chi connectivity index (χ1v) is 13.4. The van der Waals surface area contributed by atoms with Crippen LogP contribution in [-0.4, -0.2) is 71.2 Å². The van der Waals surface area contributed by atoms with E-state index in [2.05, 4.69) is 38.5 Å². The van der Waals surface area contributed by atoms with Gasteiger partial charge in [0.1, 0.15) is 5.82 Å². The van der Waals surface area contributed by atoms with Gasteiger partial charge in [-0.2, -0.15) is 0 Å². The molecular weight excluding hydrogens is 486 g/mol. The summed E-state index contributed by atoms with van der Waals surface area (Å²) in [4.78, 5) is 39.0. The summed E-state index contributed by atoms with van der Waals surface area (Å²) in [7, 11) is 0. The van der Waals surface area contributed by atoms with Gasteiger partial charge < -0.3 is 20.9 Å². The molecule has 1 fully saturated rings. The maximum Gasteiger partial charge on any atom is 0.317 e. The van der Waals surface area contributed by atoms with Crippen molar-refractivity contribution in [2.75, 3.05) is 43.4 Å². The zero-order valence-corrected chi connectivity index (χ0v) is 22.5. The van der Waals surface area contributed by atoms with Crippen molar-refractivity contribution in [3.8, 4) is 0 Å². The second kappa shape index (κ2) is 12.2. The van der Waals surface area contributed by atoms with Crippen molar-refractivity contribution >= 4 is 39.8 Å². The van der Waals surface area contributed by atoms with Crippen molar-refractivity contribution in [3.63, 3.8) is 0 Å². The van der Waals surface area contributed by atoms with E-state index in [0.29, 0.717) is 18.8 Å². The molecule has 2 aliphatic heterocycles. The number of carbonyl (C=O) groups is 2. The second-order valence-electron chi connectivity index (χ2n) is 9.64. The van der Waals surface area contributed by atoms with E-state index >= 15 is 0 Å². The van der Waals surface area contributed by atoms with Crippen LogP contribution in [0.15, 0.2) is 60.0 Å². The van der Waals surface area contributed by atoms with Gasteiger partial charge in [-0.05, 0) is 63.0 Å². The van der Waals surface area contributed by atoms with Gasteiger partial charge in [-0.3, -0.25) is 9.69 Å². The molecule has 9 nitrogen and oxygen atoms in total. The predicted molar refractivity (Wildman–Crippen MR) is 150 cm³/mol. The SMILES string of the molecule is C=CC(=O)Nc1cccc(C2=NC(Nc3ncc(C)s3)=CC(CN3CCN(C(=O)NC(C)C)CC3)C2)c1. The van der Waals surface area contributed by atoms with Crippen LogP contribution in [0.5, 0.6) is 0 Å². The van der Waals surface area contributed by atoms with Crippen molar-refractivity contribution in [1.82, 2.24) is 20.1 Å². The van der Waals surface area contributed by atoms with E-state index in [1.165, 1.54) is 6.08 Å². The number of benzene rings is 1. The number of aryl methyl sites for hydroxylation is 1. The smallest absolute Gasteiger partial charge is 0.317 e. The summed E-state index contributed by atoms with van der Waals surface area (Å²) >= 11 is 1.59. The Morgan fingerprint density at radius 3 is 2.70 bits per heavy atom. The summed E-state index contributed by atoms with van der Waals surface area (Å²) in [5, 5.41) is 10.0. The largest absolute Gasteiger partial charge is 0.336 e. The summed E-state index contributed by atoms with van der Waals surface area (Å²) in [5.41, 5.74) is 2.62. The molecule has 4 rings (SSSR count). The Bertz CT molecular complexity index is 1190. The fraction of sp³-hybridized carbons (Fsp3) is 0.407. The normalized spacial score (nSPS) is 18.2. The molecule has 2 aliphatic rings. The highest BCUT2D eigenvalue weighted by Crippen LogP contribution is 2.27. The maximum atomic E-state index is 12.4. The van der Waals surface area contributed by atoms with Crippen molar-refractivity contribution in [2.24, 2.45) is 10.9 Å². The Kier molecular flexibility index (Phi) is 8.73. The lowest BCUT2D eigenvalue weighted by Gasteiger charge is -2.36. The first-order chi connectivity index (χ1) is 17.8. The van der Waals surface area contributed by atoms with Gasteiger partial charge >= 0.3 is 6.03 Å². The molecule has 1 aromatic heterocycles. The molecule has 3 heterocycles. The fourth-order valence-corrected chi connectivity index (χ4v) is 5.09. The quantitative estimate of drug-likeness (QED) is 0.455. The van der Waals surface area contributed by atoms with Crippen molar-refractivity contribution < 1.29 is 9.59 Å². The number of nitrogens with zero attached hydrogens (tertiary/aromatic N) is 4. The summed E-state index contributed by atoms with van der Waals surface area (Å²) in [6, 6.07) is 7.88. The van der Waals surface area contributed by atoms with Crippen LogP contribution in [0.2, 0.25) is 0 Å². The van der Waals surface area contributed by atoms with E-state index in [9.17, 15) is 9.59 Å². The number of aromatic nitrogens is 1. The van der Waals surface area contributed by atoms with Crippen LogP contribution in [0.4, 0.5) is 15.6 Å². The molecule has 37 heavy (non-hydrogen) atoms. The molecule has 1 saturated heterocycles. The third kappa shape index (κ3) is 7.50. The number of aliphatic imine (C=N–C) groups is 1. The Morgan fingerprint density at radius 2 is 2.03 bits per heavy atom. The number of hydrogen-bond acceptors (Lipinski definition) is 7. The Labute approximate surface area is 222 Å². The number of anilines is 2. The first-order valence-electron chi connectivity index (χ1n) is 12.6. The molecule has 0 bridgehead atoms. The molecule has 3 N–H and O–H groups in total. The van der Waals surface area contributed by atoms with Gasteiger partial charge in [-0.1, -0.05) is 18.7 Å². The van der Waals surface area contributed by atoms with Crippen LogP contribution in [0.1, 0.15) is 30.7 Å². The van der Waals surface area contributed by atoms with Crippen LogP contribution in [0, 0.1) is 12.8 Å². The highest BCUT2D eigenvalue weighted by Gasteiger charge is 2.26. The van der Waals surface area contributed by atoms with Crippen LogP contribution in [0.3, 0.4) is 0 Å². The number of thiazole rings is 1. The van der Waals surface area contributed by atoms with E-state index in [1.807, 2.05) is 56.1 Å². The van der Waals surface area contributed by atoms with Crippen LogP contribution < -0.4 is 16.0 Å². The van der Waals surface area contributed by atoms with Gasteiger partial charge in [0.05, 0.1) is 5.71 Å². The lowest BCUT2D eigenvalue weighted by molar-refractivity contribution is -0.111. The summed E-state index contributed by atoms with van der Waals surface area (Å²) in [5.74, 6) is 0.762. The second-order valence-corrected chi connectivity index (χ2v) is 10.9. The minimum Gasteiger partial charge on any atom is -0.336 e. The molecule has 10 heteroatoms. The minimum absolute atomic E-state index is 0.00952. The lowest BCUT2D eigenvalue weighted by atomic mass is 9.93. The van der Waals surface area contributed by atoms with Crippen molar-refractivity contribution in [2.45, 2.75) is 33.2 Å². The Balaban J connectivity index is 1.48. The highest BCUT2D eigenvalue weighted by molar-refractivity contribution is 7.15. The molecule has 196 valence electrons. The van der Waals surface area contributed by atoms with Crippen molar-refractivity contribution in [3.05, 3.63) is 65.5 Å². The van der Waals surface area contributed by atoms with Gasteiger partial charge in [0.15, 0.2) is 5.13 Å². The monoisotopic (exact) mass is 521 g/mol. The number of nitrogens with one attached hydrogen (secondary N) is 3. The number of amides is 3. The van der Waals surface area contributed by atoms with Gasteiger partial charge in [-0.15, -0.1) is 11.3 Å². The van der Waals surface area contributed by atoms with E-state index < -0.39 is 0 Å². The molecule has 0 aliphatic carbocycles. The third-order valence-corrected chi connectivity index (χ3v) is 7.00. The first kappa shape index (κ1) is 26.6. The van der Waals surface area contributed by atoms with E-state index in [0.717, 1.165) is 53.2 Å². The van der Waals surface area contributed by atoms with Gasteiger partial charge in [0.25, 0.3) is 0 Å². The summed E-state index contributed by atoms with van der Waals surface area (Å²) < 4.78 is 0. The average molecular weight is 522 g/mol. The Hall–Kier alpha value is -3.50. The van der Waals surface area contributed by atoms with Gasteiger partial charge in [0, 0.05) is 55.5 Å². The zero-order valence-electron chi connectivity index (χ0n) is 21.7. The molecule has 0 saturated carbocycles. The van der Waals surface area contributed by atoms with Crippen LogP contribution in [-0.2, 0) is 4.79 Å². The minimum atomic E-state index is -0.247. The van der Waals surface area contributed by atoms with Crippen LogP contribution >= 0.6 is 11.3 Å². The molecule has 0 spiro atoms. The van der Waals surface area contributed by atoms with Crippen molar-refractivity contribution in [1.29, 1.82) is 0 Å². The van der Waals surface area contributed by atoms with Gasteiger partial charge in [-0.25, -0.2) is 14.8 Å². The number of hydrogen-bond donors (Lipinski definition) is 3. The zero-order chi connectivity index (χ0) is 26.4. The van der Waals surface area contributed by atoms with Crippen LogP contribution in [0.25, 0.3) is 0 Å². The molecule has 1 unspecified atom stereocenters. The standard InChI is InChI=1S/C27H35N7O2S/c1-5-25(35)30-22-8-6-7-21(15-22)23-13-20(14-24(31-23)32-26-28-16-19(4)37-26)17-33-9-11-34(12-10-33)27(36)29-18(2)3/h5-8,14-16,18,20H,1,9-13,17H2,2-4H3,(H,28,32)(H,29,36)(H,30,35). The van der Waals surface area contributed by atoms with Gasteiger partial charge in [0.2, 0.25) is 5.91 Å².